The van der Waals surface area contributed by atoms with Gasteiger partial charge in [-0.2, -0.15) is 13.2 Å². The summed E-state index contributed by atoms with van der Waals surface area (Å²) in [5, 5.41) is 0. The Morgan fingerprint density at radius 3 is 2.55 bits per heavy atom. The van der Waals surface area contributed by atoms with Gasteiger partial charge >= 0.3 is 18.3 Å². The number of esters is 1. The van der Waals surface area contributed by atoms with Crippen LogP contribution in [-0.4, -0.2) is 30.5 Å². The Kier molecular flexibility index (Phi) is 4.58. The molecule has 120 valence electrons. The molecular formula is C14H13F3O5. The summed E-state index contributed by atoms with van der Waals surface area (Å²) in [7, 11) is 0. The molecule has 0 amide bonds. The molecule has 0 spiro atoms. The van der Waals surface area contributed by atoms with E-state index in [0.29, 0.717) is 5.56 Å². The zero-order chi connectivity index (χ0) is 16.2. The van der Waals surface area contributed by atoms with Gasteiger partial charge in [-0.1, -0.05) is 30.3 Å². The van der Waals surface area contributed by atoms with Crippen molar-refractivity contribution in [3.63, 3.8) is 0 Å². The molecule has 1 aromatic rings. The molecule has 0 aliphatic carbocycles. The van der Waals surface area contributed by atoms with Crippen LogP contribution in [0.3, 0.4) is 0 Å². The average Bonchev–Trinajstić information content (AvgIpc) is 2.45. The monoisotopic (exact) mass is 318 g/mol. The minimum atomic E-state index is -4.89. The first-order valence-electron chi connectivity index (χ1n) is 6.44. The highest BCUT2D eigenvalue weighted by molar-refractivity contribution is 5.72. The highest BCUT2D eigenvalue weighted by atomic mass is 19.4. The SMILES string of the molecule is O=C(CC1(C(F)(F)F)CCOC(=O)O1)OCc1ccccc1. The molecule has 0 bridgehead atoms. The summed E-state index contributed by atoms with van der Waals surface area (Å²) < 4.78 is 52.9. The number of halogens is 3. The molecule has 1 heterocycles. The minimum absolute atomic E-state index is 0.155. The Morgan fingerprint density at radius 2 is 1.95 bits per heavy atom. The third-order valence-corrected chi connectivity index (χ3v) is 3.19. The summed E-state index contributed by atoms with van der Waals surface area (Å²) in [6.45, 7) is -0.623. The summed E-state index contributed by atoms with van der Waals surface area (Å²) in [5.41, 5.74) is -2.25. The zero-order valence-electron chi connectivity index (χ0n) is 11.4. The van der Waals surface area contributed by atoms with E-state index in [1.807, 2.05) is 0 Å². The van der Waals surface area contributed by atoms with Gasteiger partial charge in [0.25, 0.3) is 0 Å². The van der Waals surface area contributed by atoms with Gasteiger partial charge in [0.15, 0.2) is 0 Å². The number of ether oxygens (including phenoxy) is 3. The number of cyclic esters (lactones) is 2. The molecule has 1 unspecified atom stereocenters. The van der Waals surface area contributed by atoms with Crippen molar-refractivity contribution in [1.29, 1.82) is 0 Å². The van der Waals surface area contributed by atoms with Crippen molar-refractivity contribution < 1.29 is 37.0 Å². The lowest BCUT2D eigenvalue weighted by Crippen LogP contribution is -2.54. The predicted molar refractivity (Wildman–Crippen MR) is 66.7 cm³/mol. The maximum atomic E-state index is 13.2. The molecule has 0 saturated carbocycles. The number of carbonyl (C=O) groups is 2. The Bertz CT molecular complexity index is 543. The minimum Gasteiger partial charge on any atom is -0.461 e. The van der Waals surface area contributed by atoms with E-state index in [2.05, 4.69) is 9.47 Å². The van der Waals surface area contributed by atoms with Crippen molar-refractivity contribution in [3.05, 3.63) is 35.9 Å². The fourth-order valence-corrected chi connectivity index (χ4v) is 1.99. The van der Waals surface area contributed by atoms with E-state index in [-0.39, 0.29) is 6.61 Å². The Balaban J connectivity index is 2.01. The van der Waals surface area contributed by atoms with Crippen LogP contribution >= 0.6 is 0 Å². The largest absolute Gasteiger partial charge is 0.509 e. The van der Waals surface area contributed by atoms with Crippen molar-refractivity contribution in [2.75, 3.05) is 6.61 Å². The van der Waals surface area contributed by atoms with E-state index < -0.39 is 43.4 Å². The Morgan fingerprint density at radius 1 is 1.27 bits per heavy atom. The molecule has 1 aliphatic rings. The van der Waals surface area contributed by atoms with Crippen LogP contribution in [0.1, 0.15) is 18.4 Å². The summed E-state index contributed by atoms with van der Waals surface area (Å²) in [5.74, 6) is -1.10. The van der Waals surface area contributed by atoms with Crippen LogP contribution < -0.4 is 0 Å². The number of alkyl halides is 3. The van der Waals surface area contributed by atoms with Crippen LogP contribution in [0.15, 0.2) is 30.3 Å². The summed E-state index contributed by atoms with van der Waals surface area (Å²) in [4.78, 5) is 22.7. The smallest absolute Gasteiger partial charge is 0.461 e. The third-order valence-electron chi connectivity index (χ3n) is 3.19. The van der Waals surface area contributed by atoms with Crippen molar-refractivity contribution in [2.45, 2.75) is 31.2 Å². The number of benzene rings is 1. The standard InChI is InChI=1S/C14H13F3O5/c15-14(16,17)13(6-7-20-12(19)22-13)8-11(18)21-9-10-4-2-1-3-5-10/h1-5H,6-9H2. The van der Waals surface area contributed by atoms with Crippen LogP contribution in [0.2, 0.25) is 0 Å². The van der Waals surface area contributed by atoms with Crippen molar-refractivity contribution >= 4 is 12.1 Å². The molecule has 1 aliphatic heterocycles. The van der Waals surface area contributed by atoms with Gasteiger partial charge in [0.05, 0.1) is 13.0 Å². The van der Waals surface area contributed by atoms with E-state index in [0.717, 1.165) is 0 Å². The van der Waals surface area contributed by atoms with Crippen LogP contribution in [0.4, 0.5) is 18.0 Å². The lowest BCUT2D eigenvalue weighted by molar-refractivity contribution is -0.281. The second kappa shape index (κ2) is 6.25. The van der Waals surface area contributed by atoms with E-state index in [9.17, 15) is 22.8 Å². The predicted octanol–water partition coefficient (Wildman–Crippen LogP) is 2.98. The first kappa shape index (κ1) is 16.1. The number of carbonyl (C=O) groups excluding carboxylic acids is 2. The maximum absolute atomic E-state index is 13.2. The normalized spacial score (nSPS) is 21.7. The number of rotatable bonds is 4. The van der Waals surface area contributed by atoms with Crippen LogP contribution in [0.5, 0.6) is 0 Å². The van der Waals surface area contributed by atoms with Gasteiger partial charge in [0.2, 0.25) is 5.60 Å². The molecule has 0 N–H and O–H groups in total. The van der Waals surface area contributed by atoms with Gasteiger partial charge in [0.1, 0.15) is 6.61 Å². The lowest BCUT2D eigenvalue weighted by Gasteiger charge is -2.36. The van der Waals surface area contributed by atoms with Gasteiger partial charge in [-0.3, -0.25) is 4.79 Å². The molecule has 0 radical (unpaired) electrons. The van der Waals surface area contributed by atoms with Crippen LogP contribution in [0.25, 0.3) is 0 Å². The van der Waals surface area contributed by atoms with Gasteiger partial charge < -0.3 is 14.2 Å². The Labute approximate surface area is 124 Å². The summed E-state index contributed by atoms with van der Waals surface area (Å²) in [6, 6.07) is 8.51. The van der Waals surface area contributed by atoms with Gasteiger partial charge in [0, 0.05) is 6.42 Å². The number of hydrogen-bond donors (Lipinski definition) is 0. The fraction of sp³-hybridized carbons (Fsp3) is 0.429. The van der Waals surface area contributed by atoms with Crippen LogP contribution in [-0.2, 0) is 25.6 Å². The summed E-state index contributed by atoms with van der Waals surface area (Å²) in [6.07, 6.45) is -8.08. The Hall–Kier alpha value is -2.25. The zero-order valence-corrected chi connectivity index (χ0v) is 11.4. The highest BCUT2D eigenvalue weighted by Gasteiger charge is 2.61. The van der Waals surface area contributed by atoms with Crippen LogP contribution in [0, 0.1) is 0 Å². The van der Waals surface area contributed by atoms with E-state index >= 15 is 0 Å². The summed E-state index contributed by atoms with van der Waals surface area (Å²) >= 11 is 0. The molecule has 1 aromatic carbocycles. The molecule has 8 heteroatoms. The van der Waals surface area contributed by atoms with Crippen molar-refractivity contribution in [1.82, 2.24) is 0 Å². The molecule has 5 nitrogen and oxygen atoms in total. The second-order valence-corrected chi connectivity index (χ2v) is 4.77. The van der Waals surface area contributed by atoms with Gasteiger partial charge in [-0.05, 0) is 5.56 Å². The molecule has 0 aromatic heterocycles. The quantitative estimate of drug-likeness (QED) is 0.799. The molecule has 1 saturated heterocycles. The number of hydrogen-bond acceptors (Lipinski definition) is 5. The third kappa shape index (κ3) is 3.69. The van der Waals surface area contributed by atoms with Crippen molar-refractivity contribution in [3.8, 4) is 0 Å². The molecule has 22 heavy (non-hydrogen) atoms. The fourth-order valence-electron chi connectivity index (χ4n) is 1.99. The van der Waals surface area contributed by atoms with Crippen molar-refractivity contribution in [2.24, 2.45) is 0 Å². The average molecular weight is 318 g/mol. The first-order chi connectivity index (χ1) is 10.3. The van der Waals surface area contributed by atoms with Gasteiger partial charge in [-0.15, -0.1) is 0 Å². The molecule has 1 fully saturated rings. The van der Waals surface area contributed by atoms with E-state index in [1.54, 1.807) is 30.3 Å². The molecular weight excluding hydrogens is 305 g/mol. The van der Waals surface area contributed by atoms with E-state index in [1.165, 1.54) is 0 Å². The lowest BCUT2D eigenvalue weighted by atomic mass is 9.94. The topological polar surface area (TPSA) is 61.8 Å². The highest BCUT2D eigenvalue weighted by Crippen LogP contribution is 2.41. The molecule has 1 atom stereocenters. The van der Waals surface area contributed by atoms with E-state index in [4.69, 9.17) is 4.74 Å². The maximum Gasteiger partial charge on any atom is 0.509 e. The van der Waals surface area contributed by atoms with Gasteiger partial charge in [-0.25, -0.2) is 4.79 Å². The first-order valence-corrected chi connectivity index (χ1v) is 6.44. The second-order valence-electron chi connectivity index (χ2n) is 4.77. The molecule has 2 rings (SSSR count).